The van der Waals surface area contributed by atoms with Gasteiger partial charge in [0.15, 0.2) is 16.5 Å². The Morgan fingerprint density at radius 1 is 1.14 bits per heavy atom. The largest absolute Gasteiger partial charge is 0.493 e. The molecule has 8 heteroatoms. The van der Waals surface area contributed by atoms with Gasteiger partial charge >= 0.3 is 0 Å². The Hall–Kier alpha value is -2.35. The summed E-state index contributed by atoms with van der Waals surface area (Å²) >= 11 is 1.26. The zero-order valence-corrected chi connectivity index (χ0v) is 13.9. The molecule has 2 rings (SSSR count). The van der Waals surface area contributed by atoms with Gasteiger partial charge in [0.25, 0.3) is 0 Å². The summed E-state index contributed by atoms with van der Waals surface area (Å²) in [5.41, 5.74) is 5.40. The number of methoxy groups -OCH3 is 3. The number of hydrogen-bond acceptors (Lipinski definition) is 8. The molecule has 0 aliphatic rings. The number of anilines is 1. The Labute approximate surface area is 133 Å². The highest BCUT2D eigenvalue weighted by Crippen LogP contribution is 2.38. The molecular formula is C14H18N4O3S. The highest BCUT2D eigenvalue weighted by Gasteiger charge is 2.14. The van der Waals surface area contributed by atoms with Gasteiger partial charge in [0.05, 0.1) is 32.7 Å². The molecule has 2 aromatic rings. The zero-order valence-electron chi connectivity index (χ0n) is 13.1. The fourth-order valence-electron chi connectivity index (χ4n) is 1.82. The van der Waals surface area contributed by atoms with Crippen molar-refractivity contribution in [3.63, 3.8) is 0 Å². The molecule has 0 aliphatic carbocycles. The average Bonchev–Trinajstić information content (AvgIpc) is 2.96. The fraction of sp³-hybridized carbons (Fsp3) is 0.357. The van der Waals surface area contributed by atoms with Crippen molar-refractivity contribution in [1.29, 1.82) is 0 Å². The van der Waals surface area contributed by atoms with E-state index >= 15 is 0 Å². The second-order valence-electron chi connectivity index (χ2n) is 4.41. The van der Waals surface area contributed by atoms with Crippen molar-refractivity contribution in [2.24, 2.45) is 5.10 Å². The molecule has 0 saturated heterocycles. The van der Waals surface area contributed by atoms with Gasteiger partial charge in [-0.3, -0.25) is 5.43 Å². The fourth-order valence-corrected chi connectivity index (χ4v) is 2.33. The first-order chi connectivity index (χ1) is 10.6. The van der Waals surface area contributed by atoms with E-state index in [0.717, 1.165) is 22.0 Å². The van der Waals surface area contributed by atoms with Crippen molar-refractivity contribution < 1.29 is 14.2 Å². The molecule has 0 saturated carbocycles. The number of aromatic nitrogens is 2. The third kappa shape index (κ3) is 3.28. The molecular weight excluding hydrogens is 304 g/mol. The summed E-state index contributed by atoms with van der Waals surface area (Å²) in [6, 6.07) is 3.69. The number of hydrogen-bond donors (Lipinski definition) is 1. The summed E-state index contributed by atoms with van der Waals surface area (Å²) in [4.78, 5) is 0. The Morgan fingerprint density at radius 2 is 1.77 bits per heavy atom. The minimum Gasteiger partial charge on any atom is -0.493 e. The Balaban J connectivity index is 2.33. The number of hydrazone groups is 1. The first-order valence-electron chi connectivity index (χ1n) is 6.50. The smallest absolute Gasteiger partial charge is 0.203 e. The van der Waals surface area contributed by atoms with E-state index in [4.69, 9.17) is 14.2 Å². The number of ether oxygens (including phenoxy) is 3. The monoisotopic (exact) mass is 322 g/mol. The Kier molecular flexibility index (Phi) is 5.16. The topological polar surface area (TPSA) is 77.9 Å². The van der Waals surface area contributed by atoms with Gasteiger partial charge in [-0.05, 0) is 26.0 Å². The lowest BCUT2D eigenvalue weighted by atomic mass is 10.1. The van der Waals surface area contributed by atoms with Gasteiger partial charge < -0.3 is 14.2 Å². The molecule has 1 aromatic heterocycles. The van der Waals surface area contributed by atoms with Crippen molar-refractivity contribution in [1.82, 2.24) is 9.59 Å². The summed E-state index contributed by atoms with van der Waals surface area (Å²) in [5.74, 6) is 1.72. The van der Waals surface area contributed by atoms with Crippen molar-refractivity contribution >= 4 is 22.2 Å². The molecule has 0 radical (unpaired) electrons. The minimum atomic E-state index is 0.553. The normalized spacial score (nSPS) is 11.2. The highest BCUT2D eigenvalue weighted by molar-refractivity contribution is 7.10. The predicted molar refractivity (Wildman–Crippen MR) is 86.6 cm³/mol. The van der Waals surface area contributed by atoms with Crippen LogP contribution in [0.2, 0.25) is 0 Å². The van der Waals surface area contributed by atoms with E-state index < -0.39 is 0 Å². The van der Waals surface area contributed by atoms with E-state index in [2.05, 4.69) is 20.1 Å². The number of nitrogens with one attached hydrogen (secondary N) is 1. The molecule has 0 atom stereocenters. The van der Waals surface area contributed by atoms with Crippen molar-refractivity contribution in [3.8, 4) is 17.2 Å². The second-order valence-corrected chi connectivity index (χ2v) is 5.16. The maximum absolute atomic E-state index is 5.34. The van der Waals surface area contributed by atoms with Crippen LogP contribution >= 0.6 is 11.5 Å². The average molecular weight is 322 g/mol. The molecule has 0 aliphatic heterocycles. The van der Waals surface area contributed by atoms with Gasteiger partial charge in [-0.2, -0.15) is 5.10 Å². The van der Waals surface area contributed by atoms with Gasteiger partial charge in [0, 0.05) is 17.1 Å². The van der Waals surface area contributed by atoms with E-state index in [-0.39, 0.29) is 0 Å². The Morgan fingerprint density at radius 3 is 2.23 bits per heavy atom. The molecule has 1 N–H and O–H groups in total. The molecule has 0 fully saturated rings. The van der Waals surface area contributed by atoms with Crippen LogP contribution in [0.15, 0.2) is 17.2 Å². The molecule has 0 bridgehead atoms. The van der Waals surface area contributed by atoms with Crippen LogP contribution in [0.3, 0.4) is 0 Å². The van der Waals surface area contributed by atoms with E-state index in [1.807, 2.05) is 26.0 Å². The Bertz CT molecular complexity index is 659. The summed E-state index contributed by atoms with van der Waals surface area (Å²) in [6.07, 6.45) is 0. The maximum atomic E-state index is 5.34. The van der Waals surface area contributed by atoms with Gasteiger partial charge in [-0.1, -0.05) is 4.49 Å². The van der Waals surface area contributed by atoms with Crippen LogP contribution in [-0.4, -0.2) is 36.6 Å². The summed E-state index contributed by atoms with van der Waals surface area (Å²) in [6.45, 7) is 3.76. The van der Waals surface area contributed by atoms with E-state index in [0.29, 0.717) is 17.2 Å². The van der Waals surface area contributed by atoms with Crippen LogP contribution < -0.4 is 19.6 Å². The molecule has 118 valence electrons. The molecule has 1 aromatic carbocycles. The summed E-state index contributed by atoms with van der Waals surface area (Å²) in [7, 11) is 4.73. The maximum Gasteiger partial charge on any atom is 0.203 e. The lowest BCUT2D eigenvalue weighted by Crippen LogP contribution is -2.03. The molecule has 0 amide bonds. The lowest BCUT2D eigenvalue weighted by molar-refractivity contribution is 0.324. The third-order valence-corrected chi connectivity index (χ3v) is 3.79. The van der Waals surface area contributed by atoms with Crippen molar-refractivity contribution in [2.75, 3.05) is 26.8 Å². The van der Waals surface area contributed by atoms with Crippen LogP contribution in [0.1, 0.15) is 18.2 Å². The number of aryl methyl sites for hydroxylation is 1. The molecule has 22 heavy (non-hydrogen) atoms. The quantitative estimate of drug-likeness (QED) is 0.651. The molecule has 7 nitrogen and oxygen atoms in total. The SMILES string of the molecule is COc1cc(/C(C)=N\Nc2snnc2C)cc(OC)c1OC. The first kappa shape index (κ1) is 16.0. The molecule has 1 heterocycles. The third-order valence-electron chi connectivity index (χ3n) is 3.06. The van der Waals surface area contributed by atoms with Crippen molar-refractivity contribution in [2.45, 2.75) is 13.8 Å². The van der Waals surface area contributed by atoms with E-state index in [1.165, 1.54) is 11.5 Å². The zero-order chi connectivity index (χ0) is 16.1. The first-order valence-corrected chi connectivity index (χ1v) is 7.27. The van der Waals surface area contributed by atoms with Crippen molar-refractivity contribution in [3.05, 3.63) is 23.4 Å². The summed E-state index contributed by atoms with van der Waals surface area (Å²) < 4.78 is 19.8. The number of benzene rings is 1. The van der Waals surface area contributed by atoms with Gasteiger partial charge in [0.1, 0.15) is 0 Å². The van der Waals surface area contributed by atoms with Crippen LogP contribution in [0, 0.1) is 6.92 Å². The van der Waals surface area contributed by atoms with Crippen LogP contribution in [0.25, 0.3) is 0 Å². The van der Waals surface area contributed by atoms with Crippen LogP contribution in [-0.2, 0) is 0 Å². The standard InChI is InChI=1S/C14H18N4O3S/c1-8(15-17-14-9(2)16-18-22-14)10-6-11(19-3)13(21-5)12(7-10)20-4/h6-7,17H,1-5H3/b15-8-. The lowest BCUT2D eigenvalue weighted by Gasteiger charge is -2.14. The van der Waals surface area contributed by atoms with Crippen LogP contribution in [0.4, 0.5) is 5.00 Å². The predicted octanol–water partition coefficient (Wildman–Crippen LogP) is 2.71. The van der Waals surface area contributed by atoms with Gasteiger partial charge in [-0.25, -0.2) is 0 Å². The highest BCUT2D eigenvalue weighted by atomic mass is 32.1. The number of nitrogens with zero attached hydrogens (tertiary/aromatic N) is 3. The number of rotatable bonds is 6. The minimum absolute atomic E-state index is 0.553. The van der Waals surface area contributed by atoms with Gasteiger partial charge in [0.2, 0.25) is 5.75 Å². The molecule has 0 spiro atoms. The van der Waals surface area contributed by atoms with Gasteiger partial charge in [-0.15, -0.1) is 5.10 Å². The van der Waals surface area contributed by atoms with E-state index in [9.17, 15) is 0 Å². The molecule has 0 unspecified atom stereocenters. The van der Waals surface area contributed by atoms with Crippen LogP contribution in [0.5, 0.6) is 17.2 Å². The second kappa shape index (κ2) is 7.08. The van der Waals surface area contributed by atoms with E-state index in [1.54, 1.807) is 21.3 Å². The summed E-state index contributed by atoms with van der Waals surface area (Å²) in [5, 5.41) is 9.09.